The van der Waals surface area contributed by atoms with E-state index >= 15 is 0 Å². The van der Waals surface area contributed by atoms with E-state index in [4.69, 9.17) is 14.5 Å². The molecule has 3 unspecified atom stereocenters. The van der Waals surface area contributed by atoms with Crippen LogP contribution in [0.15, 0.2) is 29.3 Å². The highest BCUT2D eigenvalue weighted by atomic mass is 127. The van der Waals surface area contributed by atoms with Crippen molar-refractivity contribution in [2.45, 2.75) is 59.0 Å². The molecule has 1 aromatic rings. The molecule has 2 aliphatic rings. The lowest BCUT2D eigenvalue weighted by Crippen LogP contribution is -2.49. The third-order valence-electron chi connectivity index (χ3n) is 5.99. The topological polar surface area (TPSA) is 61.4 Å². The van der Waals surface area contributed by atoms with Gasteiger partial charge in [0.1, 0.15) is 0 Å². The van der Waals surface area contributed by atoms with Gasteiger partial charge in [0.25, 0.3) is 0 Å². The molecular weight excluding hydrogens is 517 g/mol. The van der Waals surface area contributed by atoms with E-state index in [0.29, 0.717) is 12.6 Å². The maximum atomic E-state index is 5.89. The van der Waals surface area contributed by atoms with Crippen LogP contribution in [0.3, 0.4) is 0 Å². The zero-order valence-corrected chi connectivity index (χ0v) is 22.5. The first-order chi connectivity index (χ1) is 15.0. The number of aliphatic imine (C=N–C) groups is 1. The molecular formula is C24H42IN5O2. The average molecular weight is 560 g/mol. The summed E-state index contributed by atoms with van der Waals surface area (Å²) >= 11 is 0. The van der Waals surface area contributed by atoms with Crippen LogP contribution in [0.2, 0.25) is 0 Å². The summed E-state index contributed by atoms with van der Waals surface area (Å²) < 4.78 is 11.4. The smallest absolute Gasteiger partial charge is 0.191 e. The van der Waals surface area contributed by atoms with Crippen molar-refractivity contribution in [2.24, 2.45) is 4.99 Å². The first kappa shape index (κ1) is 27.3. The highest BCUT2D eigenvalue weighted by Gasteiger charge is 2.22. The fraction of sp³-hybridized carbons (Fsp3) is 0.708. The lowest BCUT2D eigenvalue weighted by atomic mass is 10.1. The molecule has 32 heavy (non-hydrogen) atoms. The molecule has 2 saturated heterocycles. The summed E-state index contributed by atoms with van der Waals surface area (Å²) in [6.45, 7) is 17.7. The van der Waals surface area contributed by atoms with Crippen molar-refractivity contribution in [2.75, 3.05) is 52.5 Å². The van der Waals surface area contributed by atoms with E-state index in [1.807, 2.05) is 0 Å². The van der Waals surface area contributed by atoms with Crippen molar-refractivity contribution in [1.29, 1.82) is 0 Å². The molecule has 8 heteroatoms. The Balaban J connectivity index is 0.00000363. The van der Waals surface area contributed by atoms with Gasteiger partial charge in [-0.15, -0.1) is 24.0 Å². The molecule has 2 heterocycles. The summed E-state index contributed by atoms with van der Waals surface area (Å²) in [5.74, 6) is 0.881. The van der Waals surface area contributed by atoms with Gasteiger partial charge in [-0.05, 0) is 38.8 Å². The number of halogens is 1. The van der Waals surface area contributed by atoms with E-state index < -0.39 is 0 Å². The van der Waals surface area contributed by atoms with E-state index in [1.54, 1.807) is 0 Å². The summed E-state index contributed by atoms with van der Waals surface area (Å²) in [6, 6.07) is 9.12. The van der Waals surface area contributed by atoms with Crippen LogP contribution in [0.5, 0.6) is 0 Å². The third kappa shape index (κ3) is 8.78. The van der Waals surface area contributed by atoms with Crippen LogP contribution >= 0.6 is 24.0 Å². The quantitative estimate of drug-likeness (QED) is 0.290. The standard InChI is InChI=1S/C24H41N5O2.HI/c1-5-25-24(26-14-19(2)29-10-12-30-13-11-29)27-15-22-8-6-7-9-23(22)18-28-16-20(3)31-21(4)17-28;/h6-9,19-21H,5,10-18H2,1-4H3,(H2,25,26,27);1H. The Morgan fingerprint density at radius 3 is 2.41 bits per heavy atom. The highest BCUT2D eigenvalue weighted by Crippen LogP contribution is 2.17. The second-order valence-corrected chi connectivity index (χ2v) is 8.79. The van der Waals surface area contributed by atoms with Crippen LogP contribution in [0.4, 0.5) is 0 Å². The molecule has 2 aliphatic heterocycles. The first-order valence-corrected chi connectivity index (χ1v) is 11.8. The summed E-state index contributed by atoms with van der Waals surface area (Å²) in [5, 5.41) is 6.92. The van der Waals surface area contributed by atoms with Crippen LogP contribution < -0.4 is 10.6 Å². The number of ether oxygens (including phenoxy) is 2. The molecule has 2 N–H and O–H groups in total. The van der Waals surface area contributed by atoms with Crippen molar-refractivity contribution >= 4 is 29.9 Å². The largest absolute Gasteiger partial charge is 0.379 e. The fourth-order valence-electron chi connectivity index (χ4n) is 4.42. The van der Waals surface area contributed by atoms with Crippen molar-refractivity contribution in [1.82, 2.24) is 20.4 Å². The molecule has 0 bridgehead atoms. The summed E-state index contributed by atoms with van der Waals surface area (Å²) in [7, 11) is 0. The number of hydrogen-bond donors (Lipinski definition) is 2. The SMILES string of the molecule is CCNC(=NCc1ccccc1CN1CC(C)OC(C)C1)NCC(C)N1CCOCC1.I. The van der Waals surface area contributed by atoms with Gasteiger partial charge in [-0.3, -0.25) is 9.80 Å². The molecule has 0 aromatic heterocycles. The molecule has 0 radical (unpaired) electrons. The van der Waals surface area contributed by atoms with Crippen LogP contribution in [-0.4, -0.2) is 86.5 Å². The first-order valence-electron chi connectivity index (χ1n) is 11.8. The Morgan fingerprint density at radius 2 is 1.75 bits per heavy atom. The van der Waals surface area contributed by atoms with E-state index in [2.05, 4.69) is 72.4 Å². The van der Waals surface area contributed by atoms with Crippen LogP contribution in [0.1, 0.15) is 38.8 Å². The van der Waals surface area contributed by atoms with E-state index in [1.165, 1.54) is 11.1 Å². The van der Waals surface area contributed by atoms with Gasteiger partial charge in [-0.1, -0.05) is 24.3 Å². The lowest BCUT2D eigenvalue weighted by Gasteiger charge is -2.35. The van der Waals surface area contributed by atoms with Gasteiger partial charge in [0.15, 0.2) is 5.96 Å². The Kier molecular flexibility index (Phi) is 12.2. The van der Waals surface area contributed by atoms with E-state index in [-0.39, 0.29) is 36.2 Å². The normalized spacial score (nSPS) is 23.9. The zero-order valence-electron chi connectivity index (χ0n) is 20.2. The van der Waals surface area contributed by atoms with Crippen molar-refractivity contribution < 1.29 is 9.47 Å². The van der Waals surface area contributed by atoms with Gasteiger partial charge in [-0.2, -0.15) is 0 Å². The number of nitrogens with zero attached hydrogens (tertiary/aromatic N) is 3. The molecule has 7 nitrogen and oxygen atoms in total. The minimum Gasteiger partial charge on any atom is -0.379 e. The molecule has 0 amide bonds. The molecule has 182 valence electrons. The minimum atomic E-state index is 0. The van der Waals surface area contributed by atoms with Gasteiger partial charge < -0.3 is 20.1 Å². The van der Waals surface area contributed by atoms with Crippen LogP contribution in [0.25, 0.3) is 0 Å². The molecule has 0 aliphatic carbocycles. The summed E-state index contributed by atoms with van der Waals surface area (Å²) in [6.07, 6.45) is 0.568. The maximum Gasteiger partial charge on any atom is 0.191 e. The molecule has 2 fully saturated rings. The summed E-state index contributed by atoms with van der Waals surface area (Å²) in [4.78, 5) is 9.86. The highest BCUT2D eigenvalue weighted by molar-refractivity contribution is 14.0. The molecule has 0 saturated carbocycles. The number of guanidine groups is 1. The predicted octanol–water partition coefficient (Wildman–Crippen LogP) is 2.69. The van der Waals surface area contributed by atoms with Gasteiger partial charge in [0, 0.05) is 51.9 Å². The second-order valence-electron chi connectivity index (χ2n) is 8.79. The minimum absolute atomic E-state index is 0. The number of hydrogen-bond acceptors (Lipinski definition) is 5. The van der Waals surface area contributed by atoms with Crippen molar-refractivity contribution in [3.05, 3.63) is 35.4 Å². The Hall–Kier alpha value is -0.940. The number of benzene rings is 1. The summed E-state index contributed by atoms with van der Waals surface area (Å²) in [5.41, 5.74) is 2.64. The van der Waals surface area contributed by atoms with Gasteiger partial charge >= 0.3 is 0 Å². The molecule has 3 rings (SSSR count). The number of morpholine rings is 2. The monoisotopic (exact) mass is 559 g/mol. The average Bonchev–Trinajstić information content (AvgIpc) is 2.76. The Labute approximate surface area is 211 Å². The van der Waals surface area contributed by atoms with E-state index in [9.17, 15) is 0 Å². The van der Waals surface area contributed by atoms with E-state index in [0.717, 1.165) is 65.0 Å². The third-order valence-corrected chi connectivity index (χ3v) is 5.99. The van der Waals surface area contributed by atoms with Gasteiger partial charge in [-0.25, -0.2) is 4.99 Å². The van der Waals surface area contributed by atoms with Gasteiger partial charge in [0.05, 0.1) is 32.0 Å². The molecule has 1 aromatic carbocycles. The fourth-order valence-corrected chi connectivity index (χ4v) is 4.42. The Bertz CT molecular complexity index is 689. The second kappa shape index (κ2) is 14.3. The number of nitrogens with one attached hydrogen (secondary N) is 2. The van der Waals surface area contributed by atoms with Crippen molar-refractivity contribution in [3.63, 3.8) is 0 Å². The zero-order chi connectivity index (χ0) is 22.1. The van der Waals surface area contributed by atoms with Crippen LogP contribution in [-0.2, 0) is 22.6 Å². The van der Waals surface area contributed by atoms with Crippen LogP contribution in [0, 0.1) is 0 Å². The maximum absolute atomic E-state index is 5.89. The number of rotatable bonds is 8. The lowest BCUT2D eigenvalue weighted by molar-refractivity contribution is -0.0705. The Morgan fingerprint density at radius 1 is 1.09 bits per heavy atom. The molecule has 3 atom stereocenters. The van der Waals surface area contributed by atoms with Crippen molar-refractivity contribution in [3.8, 4) is 0 Å². The molecule has 0 spiro atoms. The predicted molar refractivity (Wildman–Crippen MR) is 142 cm³/mol. The van der Waals surface area contributed by atoms with Gasteiger partial charge in [0.2, 0.25) is 0 Å².